The second-order valence-electron chi connectivity index (χ2n) is 10.2. The van der Waals surface area contributed by atoms with Gasteiger partial charge >= 0.3 is 13.6 Å². The average molecular weight is 690 g/mol. The van der Waals surface area contributed by atoms with E-state index in [-0.39, 0.29) is 36.0 Å². The Hall–Kier alpha value is -2.55. The van der Waals surface area contributed by atoms with Crippen LogP contribution in [-0.2, 0) is 36.7 Å². The fourth-order valence-electron chi connectivity index (χ4n) is 5.43. The van der Waals surface area contributed by atoms with Crippen molar-refractivity contribution >= 4 is 72.1 Å². The van der Waals surface area contributed by atoms with Gasteiger partial charge in [0.15, 0.2) is 23.6 Å². The van der Waals surface area contributed by atoms with Crippen LogP contribution >= 0.6 is 38.1 Å². The van der Waals surface area contributed by atoms with Gasteiger partial charge < -0.3 is 30.6 Å². The van der Waals surface area contributed by atoms with E-state index in [0.717, 1.165) is 0 Å². The molecule has 6 N–H and O–H groups in total. The number of nitrogen functional groups attached to an aromatic ring is 2. The summed E-state index contributed by atoms with van der Waals surface area (Å²) in [4.78, 5) is 31.1. The van der Waals surface area contributed by atoms with E-state index in [4.69, 9.17) is 39.0 Å². The molecule has 0 saturated carbocycles. The Kier molecular flexibility index (Phi) is 7.57. The largest absolute Gasteiger partial charge is 0.386 e. The molecule has 3 aliphatic heterocycles. The lowest BCUT2D eigenvalue weighted by atomic mass is 10.1. The van der Waals surface area contributed by atoms with Gasteiger partial charge in [-0.05, 0) is 6.07 Å². The standard InChI is InChI=1S/C21H25N9O10P2S2/c22-15-9-1-2-29(16(9)25-6-24-15)20-13(31)14-11(38-20)5-36-41(33,43)39-10-3-8(4-35-42(34,44)40-14)37-19(10)30-7-26-12-17(30)27-21(23)28-18(12)32/h1-2,6-8,10-11,13-14,19-20,31H,3-5H2,(H,33,43)(H,34,44)(H2,22,24,25)(H3,23,27,28,32)/t8-,10+,11+,13+,14+,19+,20+,41+,42+/m0/s1. The van der Waals surface area contributed by atoms with E-state index >= 15 is 0 Å². The third kappa shape index (κ3) is 5.45. The summed E-state index contributed by atoms with van der Waals surface area (Å²) in [6, 6.07) is 1.64. The van der Waals surface area contributed by atoms with E-state index < -0.39 is 68.7 Å². The van der Waals surface area contributed by atoms with E-state index in [0.29, 0.717) is 11.0 Å². The van der Waals surface area contributed by atoms with Gasteiger partial charge in [-0.15, -0.1) is 0 Å². The summed E-state index contributed by atoms with van der Waals surface area (Å²) in [5.41, 5.74) is 11.5. The highest BCUT2D eigenvalue weighted by Crippen LogP contribution is 2.60. The third-order valence-corrected chi connectivity index (χ3v) is 10.6. The summed E-state index contributed by atoms with van der Waals surface area (Å²) in [7, 11) is 0. The predicted molar refractivity (Wildman–Crippen MR) is 158 cm³/mol. The molecule has 4 aromatic heterocycles. The molecule has 3 saturated heterocycles. The van der Waals surface area contributed by atoms with Crippen molar-refractivity contribution in [1.82, 2.24) is 34.1 Å². The Bertz CT molecular complexity index is 1910. The number of hydrogen-bond acceptors (Lipinski definition) is 16. The molecule has 44 heavy (non-hydrogen) atoms. The van der Waals surface area contributed by atoms with E-state index in [1.807, 2.05) is 0 Å². The quantitative estimate of drug-likeness (QED) is 0.128. The van der Waals surface area contributed by atoms with Crippen molar-refractivity contribution in [1.29, 1.82) is 0 Å². The van der Waals surface area contributed by atoms with Crippen LogP contribution in [-0.4, -0.2) is 82.9 Å². The maximum Gasteiger partial charge on any atom is 0.386 e. The zero-order valence-electron chi connectivity index (χ0n) is 22.2. The fraction of sp³-hybridized carbons (Fsp3) is 0.476. The second-order valence-corrected chi connectivity index (χ2v) is 15.9. The number of H-pyrrole nitrogens is 1. The van der Waals surface area contributed by atoms with Crippen molar-refractivity contribution in [3.8, 4) is 0 Å². The summed E-state index contributed by atoms with van der Waals surface area (Å²) >= 11 is 8.27. The van der Waals surface area contributed by atoms with Crippen LogP contribution in [0.15, 0.2) is 29.7 Å². The van der Waals surface area contributed by atoms with Crippen molar-refractivity contribution < 1.29 is 41.8 Å². The molecule has 9 atom stereocenters. The number of aliphatic hydroxyl groups excluding tert-OH is 1. The van der Waals surface area contributed by atoms with E-state index in [2.05, 4.69) is 49.4 Å². The Labute approximate surface area is 256 Å². The summed E-state index contributed by atoms with van der Waals surface area (Å²) in [6.45, 7) is -9.13. The molecule has 0 amide bonds. The number of anilines is 2. The first-order chi connectivity index (χ1) is 20.9. The molecule has 4 aromatic rings. The Morgan fingerprint density at radius 1 is 0.977 bits per heavy atom. The van der Waals surface area contributed by atoms with E-state index in [9.17, 15) is 19.0 Å². The van der Waals surface area contributed by atoms with Crippen LogP contribution in [0, 0.1) is 0 Å². The molecular weight excluding hydrogens is 664 g/mol. The number of hydrogen-bond donors (Lipinski definition) is 6. The number of nitrogens with two attached hydrogens (primary N) is 2. The number of thiol groups is 2. The summed E-state index contributed by atoms with van der Waals surface area (Å²) in [5, 5.41) is 11.8. The van der Waals surface area contributed by atoms with Crippen molar-refractivity contribution in [3.63, 3.8) is 0 Å². The molecule has 0 unspecified atom stereocenters. The Morgan fingerprint density at radius 3 is 2.57 bits per heavy atom. The molecule has 0 radical (unpaired) electrons. The van der Waals surface area contributed by atoms with Crippen LogP contribution in [0.5, 0.6) is 0 Å². The normalized spacial score (nSPS) is 36.6. The van der Waals surface area contributed by atoms with Gasteiger partial charge in [0.1, 0.15) is 42.2 Å². The molecule has 0 aromatic carbocycles. The molecule has 236 valence electrons. The summed E-state index contributed by atoms with van der Waals surface area (Å²) in [6.07, 6.45) is -3.71. The molecule has 2 bridgehead atoms. The number of nitrogens with one attached hydrogen (secondary N) is 1. The number of aromatic nitrogens is 7. The molecule has 0 aliphatic carbocycles. The van der Waals surface area contributed by atoms with Crippen LogP contribution in [0.25, 0.3) is 22.2 Å². The second kappa shape index (κ2) is 11.1. The SMILES string of the molecule is Nc1nc2c(ncn2[C@@H]2O[C@@H]3CO[P@@](=O)(S)O[C@H]4[C@@H](O)[C@H](n5ccc6c(N)ncnc65)O[C@@H]4CO[P@@](=O)(S)O[C@@H]2C3)c(=O)[nH]1. The summed E-state index contributed by atoms with van der Waals surface area (Å²) < 4.78 is 64.6. The smallest absolute Gasteiger partial charge is 0.386 e. The topological polar surface area (TPSA) is 256 Å². The lowest BCUT2D eigenvalue weighted by molar-refractivity contribution is -0.0570. The summed E-state index contributed by atoms with van der Waals surface area (Å²) in [5.74, 6) is 0.0585. The van der Waals surface area contributed by atoms with Crippen molar-refractivity contribution in [2.24, 2.45) is 0 Å². The zero-order valence-corrected chi connectivity index (χ0v) is 25.8. The number of imidazole rings is 1. The van der Waals surface area contributed by atoms with Gasteiger partial charge in [0.25, 0.3) is 5.56 Å². The highest BCUT2D eigenvalue weighted by Gasteiger charge is 2.51. The highest BCUT2D eigenvalue weighted by atomic mass is 32.7. The van der Waals surface area contributed by atoms with Gasteiger partial charge in [-0.3, -0.25) is 32.4 Å². The minimum Gasteiger partial charge on any atom is -0.386 e. The number of nitrogens with zero attached hydrogens (tertiary/aromatic N) is 6. The molecule has 0 spiro atoms. The van der Waals surface area contributed by atoms with Gasteiger partial charge in [-0.25, -0.2) is 24.1 Å². The molecular formula is C21H25N9O10P2S2. The monoisotopic (exact) mass is 689 g/mol. The minimum atomic E-state index is -4.17. The van der Waals surface area contributed by atoms with Gasteiger partial charge in [0, 0.05) is 12.6 Å². The Balaban J connectivity index is 1.19. The number of aliphatic hydroxyl groups is 1. The van der Waals surface area contributed by atoms with Gasteiger partial charge in [0.05, 0.1) is 31.0 Å². The van der Waals surface area contributed by atoms with E-state index in [1.165, 1.54) is 21.8 Å². The van der Waals surface area contributed by atoms with Crippen molar-refractivity contribution in [2.45, 2.75) is 49.4 Å². The maximum atomic E-state index is 13.5. The van der Waals surface area contributed by atoms with Crippen LogP contribution in [0.3, 0.4) is 0 Å². The zero-order chi connectivity index (χ0) is 31.0. The molecule has 7 heterocycles. The average Bonchev–Trinajstić information content (AvgIpc) is 3.72. The first kappa shape index (κ1) is 30.1. The third-order valence-electron chi connectivity index (χ3n) is 7.34. The number of ether oxygens (including phenoxy) is 2. The van der Waals surface area contributed by atoms with Gasteiger partial charge in [-0.2, -0.15) is 4.98 Å². The lowest BCUT2D eigenvalue weighted by Gasteiger charge is -2.26. The van der Waals surface area contributed by atoms with Crippen LogP contribution < -0.4 is 17.0 Å². The van der Waals surface area contributed by atoms with Crippen molar-refractivity contribution in [2.75, 3.05) is 24.7 Å². The fourth-order valence-corrected chi connectivity index (χ4v) is 8.43. The van der Waals surface area contributed by atoms with Crippen LogP contribution in [0.1, 0.15) is 18.9 Å². The van der Waals surface area contributed by atoms with Crippen LogP contribution in [0.2, 0.25) is 0 Å². The predicted octanol–water partition coefficient (Wildman–Crippen LogP) is 1.17. The molecule has 3 fully saturated rings. The Morgan fingerprint density at radius 2 is 1.75 bits per heavy atom. The van der Waals surface area contributed by atoms with Gasteiger partial charge in [-0.1, -0.05) is 24.5 Å². The first-order valence-corrected chi connectivity index (χ1v) is 18.4. The van der Waals surface area contributed by atoms with E-state index in [1.54, 1.807) is 12.3 Å². The van der Waals surface area contributed by atoms with Gasteiger partial charge in [0.2, 0.25) is 5.95 Å². The first-order valence-electron chi connectivity index (χ1n) is 13.0. The van der Waals surface area contributed by atoms with Crippen LogP contribution in [0.4, 0.5) is 11.8 Å². The molecule has 7 rings (SSSR count). The number of rotatable bonds is 2. The molecule has 3 aliphatic rings. The highest BCUT2D eigenvalue weighted by molar-refractivity contribution is 8.44. The van der Waals surface area contributed by atoms with Crippen molar-refractivity contribution in [3.05, 3.63) is 35.3 Å². The number of aromatic amines is 1. The number of fused-ring (bicyclic) bond motifs is 5. The molecule has 23 heteroatoms. The molecule has 19 nitrogen and oxygen atoms in total. The minimum absolute atomic E-state index is 0.0172. The lowest BCUT2D eigenvalue weighted by Crippen LogP contribution is -2.35. The maximum absolute atomic E-state index is 13.5.